The SMILES string of the molecule is Br.Cc1c(C(=O)Nc2ccc(N3CC(C)OC(C)C3)nc2)cccc1-c1ccc(OC(F)(F)F)cc1. The van der Waals surface area contributed by atoms with Crippen molar-refractivity contribution in [2.75, 3.05) is 23.3 Å². The van der Waals surface area contributed by atoms with Crippen molar-refractivity contribution in [3.8, 4) is 16.9 Å². The molecule has 1 N–H and O–H groups in total. The Morgan fingerprint density at radius 2 is 1.72 bits per heavy atom. The molecule has 2 aromatic carbocycles. The van der Waals surface area contributed by atoms with Gasteiger partial charge in [-0.3, -0.25) is 4.79 Å². The number of amides is 1. The zero-order valence-electron chi connectivity index (χ0n) is 20.0. The smallest absolute Gasteiger partial charge is 0.406 e. The molecule has 1 aliphatic heterocycles. The van der Waals surface area contributed by atoms with Crippen LogP contribution in [0.15, 0.2) is 60.8 Å². The second-order valence-corrected chi connectivity index (χ2v) is 8.57. The van der Waals surface area contributed by atoms with E-state index in [4.69, 9.17) is 4.74 Å². The van der Waals surface area contributed by atoms with Gasteiger partial charge in [0.1, 0.15) is 11.6 Å². The van der Waals surface area contributed by atoms with Gasteiger partial charge in [0.15, 0.2) is 0 Å². The van der Waals surface area contributed by atoms with Gasteiger partial charge in [0.25, 0.3) is 5.91 Å². The Kier molecular flexibility index (Phi) is 8.63. The third-order valence-electron chi connectivity index (χ3n) is 5.73. The maximum atomic E-state index is 13.0. The highest BCUT2D eigenvalue weighted by atomic mass is 79.9. The van der Waals surface area contributed by atoms with E-state index in [1.165, 1.54) is 24.3 Å². The van der Waals surface area contributed by atoms with E-state index in [0.717, 1.165) is 24.5 Å². The third-order valence-corrected chi connectivity index (χ3v) is 5.73. The molecule has 1 fully saturated rings. The summed E-state index contributed by atoms with van der Waals surface area (Å²) in [4.78, 5) is 19.6. The first-order valence-electron chi connectivity index (χ1n) is 11.2. The minimum atomic E-state index is -4.75. The summed E-state index contributed by atoms with van der Waals surface area (Å²) in [5, 5.41) is 2.87. The van der Waals surface area contributed by atoms with Gasteiger partial charge in [0.05, 0.1) is 24.1 Å². The molecule has 192 valence electrons. The lowest BCUT2D eigenvalue weighted by atomic mass is 9.96. The minimum Gasteiger partial charge on any atom is -0.406 e. The first kappa shape index (κ1) is 27.5. The number of nitrogens with one attached hydrogen (secondary N) is 1. The van der Waals surface area contributed by atoms with Crippen LogP contribution in [0.1, 0.15) is 29.8 Å². The van der Waals surface area contributed by atoms with Crippen molar-refractivity contribution in [2.45, 2.75) is 39.3 Å². The predicted octanol–water partition coefficient (Wildman–Crippen LogP) is 6.40. The topological polar surface area (TPSA) is 63.7 Å². The number of benzene rings is 2. The Hall–Kier alpha value is -3.11. The summed E-state index contributed by atoms with van der Waals surface area (Å²) in [6.45, 7) is 7.35. The number of aromatic nitrogens is 1. The lowest BCUT2D eigenvalue weighted by Crippen LogP contribution is -2.45. The first-order chi connectivity index (χ1) is 16.6. The van der Waals surface area contributed by atoms with Crippen LogP contribution in [0.5, 0.6) is 5.75 Å². The van der Waals surface area contributed by atoms with Gasteiger partial charge < -0.3 is 19.7 Å². The highest BCUT2D eigenvalue weighted by molar-refractivity contribution is 8.93. The van der Waals surface area contributed by atoms with Crippen LogP contribution in [-0.2, 0) is 4.74 Å². The third kappa shape index (κ3) is 6.76. The van der Waals surface area contributed by atoms with E-state index in [1.54, 1.807) is 25.3 Å². The van der Waals surface area contributed by atoms with E-state index < -0.39 is 6.36 Å². The lowest BCUT2D eigenvalue weighted by Gasteiger charge is -2.36. The Bertz CT molecular complexity index is 1180. The largest absolute Gasteiger partial charge is 0.573 e. The predicted molar refractivity (Wildman–Crippen MR) is 138 cm³/mol. The van der Waals surface area contributed by atoms with E-state index in [1.807, 2.05) is 32.0 Å². The van der Waals surface area contributed by atoms with E-state index >= 15 is 0 Å². The van der Waals surface area contributed by atoms with E-state index in [-0.39, 0.29) is 40.8 Å². The fourth-order valence-corrected chi connectivity index (χ4v) is 4.24. The summed E-state index contributed by atoms with van der Waals surface area (Å²) in [5.41, 5.74) is 3.13. The van der Waals surface area contributed by atoms with Crippen LogP contribution in [0.2, 0.25) is 0 Å². The van der Waals surface area contributed by atoms with Gasteiger partial charge in [0, 0.05) is 18.7 Å². The van der Waals surface area contributed by atoms with Crippen molar-refractivity contribution in [3.63, 3.8) is 0 Å². The number of halogens is 4. The van der Waals surface area contributed by atoms with E-state index in [2.05, 4.69) is 19.9 Å². The molecule has 36 heavy (non-hydrogen) atoms. The van der Waals surface area contributed by atoms with Gasteiger partial charge in [0.2, 0.25) is 0 Å². The summed E-state index contributed by atoms with van der Waals surface area (Å²) in [7, 11) is 0. The van der Waals surface area contributed by atoms with Gasteiger partial charge >= 0.3 is 6.36 Å². The van der Waals surface area contributed by atoms with Crippen LogP contribution in [0.3, 0.4) is 0 Å². The number of nitrogens with zero attached hydrogens (tertiary/aromatic N) is 2. The molecular weight excluding hydrogens is 539 g/mol. The fraction of sp³-hybridized carbons (Fsp3) is 0.308. The molecule has 0 aliphatic carbocycles. The summed E-state index contributed by atoms with van der Waals surface area (Å²) in [6.07, 6.45) is -2.90. The van der Waals surface area contributed by atoms with Gasteiger partial charge in [-0.2, -0.15) is 0 Å². The molecule has 0 radical (unpaired) electrons. The minimum absolute atomic E-state index is 0. The molecule has 0 saturated carbocycles. The van der Waals surface area contributed by atoms with Crippen LogP contribution in [0.25, 0.3) is 11.1 Å². The lowest BCUT2D eigenvalue weighted by molar-refractivity contribution is -0.274. The number of morpholine rings is 1. The van der Waals surface area contributed by atoms with Crippen molar-refractivity contribution in [2.24, 2.45) is 0 Å². The Balaban J connectivity index is 0.00000361. The molecule has 4 rings (SSSR count). The normalized spacial score (nSPS) is 17.8. The van der Waals surface area contributed by atoms with Crippen LogP contribution in [0, 0.1) is 6.92 Å². The Morgan fingerprint density at radius 3 is 2.31 bits per heavy atom. The maximum absolute atomic E-state index is 13.0. The highest BCUT2D eigenvalue weighted by Crippen LogP contribution is 2.30. The van der Waals surface area contributed by atoms with Crippen LogP contribution < -0.4 is 15.0 Å². The quantitative estimate of drug-likeness (QED) is 0.388. The molecule has 2 atom stereocenters. The van der Waals surface area contributed by atoms with Crippen molar-refractivity contribution >= 4 is 34.4 Å². The van der Waals surface area contributed by atoms with Crippen LogP contribution >= 0.6 is 17.0 Å². The summed E-state index contributed by atoms with van der Waals surface area (Å²) in [5.74, 6) is 0.218. The van der Waals surface area contributed by atoms with Gasteiger partial charge in [-0.05, 0) is 67.8 Å². The number of hydrogen-bond donors (Lipinski definition) is 1. The molecule has 6 nitrogen and oxygen atoms in total. The average molecular weight is 566 g/mol. The monoisotopic (exact) mass is 565 g/mol. The zero-order valence-corrected chi connectivity index (χ0v) is 21.7. The van der Waals surface area contributed by atoms with Gasteiger partial charge in [-0.15, -0.1) is 30.2 Å². The number of alkyl halides is 3. The standard InChI is InChI=1S/C26H26F3N3O3.BrH/c1-16-14-32(15-17(2)34-16)24-12-9-20(13-30-24)31-25(33)23-6-4-5-22(18(23)3)19-7-10-21(11-8-19)35-26(27,28)29;/h4-13,16-17H,14-15H2,1-3H3,(H,31,33);1H. The molecule has 1 aliphatic rings. The first-order valence-corrected chi connectivity index (χ1v) is 11.2. The summed E-state index contributed by atoms with van der Waals surface area (Å²) < 4.78 is 46.9. The molecule has 3 aromatic rings. The number of rotatable bonds is 5. The highest BCUT2D eigenvalue weighted by Gasteiger charge is 2.31. The molecular formula is C26H27BrF3N3O3. The van der Waals surface area contributed by atoms with E-state index in [9.17, 15) is 18.0 Å². The number of carbonyl (C=O) groups is 1. The molecule has 10 heteroatoms. The van der Waals surface area contributed by atoms with Gasteiger partial charge in [-0.25, -0.2) is 4.98 Å². The number of pyridine rings is 1. The van der Waals surface area contributed by atoms with Crippen molar-refractivity contribution in [1.82, 2.24) is 4.98 Å². The van der Waals surface area contributed by atoms with Crippen LogP contribution in [0.4, 0.5) is 24.7 Å². The van der Waals surface area contributed by atoms with Crippen LogP contribution in [-0.4, -0.2) is 42.6 Å². The second kappa shape index (κ2) is 11.3. The summed E-state index contributed by atoms with van der Waals surface area (Å²) >= 11 is 0. The van der Waals surface area contributed by atoms with Gasteiger partial charge in [-0.1, -0.05) is 24.3 Å². The van der Waals surface area contributed by atoms with Crippen molar-refractivity contribution in [3.05, 3.63) is 71.9 Å². The molecule has 1 amide bonds. The molecule has 2 unspecified atom stereocenters. The molecule has 0 bridgehead atoms. The maximum Gasteiger partial charge on any atom is 0.573 e. The van der Waals surface area contributed by atoms with Crippen molar-refractivity contribution in [1.29, 1.82) is 0 Å². The Morgan fingerprint density at radius 1 is 1.06 bits per heavy atom. The second-order valence-electron chi connectivity index (χ2n) is 8.57. The molecule has 1 aromatic heterocycles. The molecule has 0 spiro atoms. The summed E-state index contributed by atoms with van der Waals surface area (Å²) in [6, 6.07) is 14.5. The number of ether oxygens (including phenoxy) is 2. The number of carbonyl (C=O) groups excluding carboxylic acids is 1. The number of hydrogen-bond acceptors (Lipinski definition) is 5. The zero-order chi connectivity index (χ0) is 25.2. The number of anilines is 2. The van der Waals surface area contributed by atoms with E-state index in [0.29, 0.717) is 22.4 Å². The van der Waals surface area contributed by atoms with Crippen molar-refractivity contribution < 1.29 is 27.4 Å². The fourth-order valence-electron chi connectivity index (χ4n) is 4.24. The average Bonchev–Trinajstić information content (AvgIpc) is 2.79. The Labute approximate surface area is 218 Å². The molecule has 1 saturated heterocycles. The molecule has 2 heterocycles.